The van der Waals surface area contributed by atoms with Gasteiger partial charge in [-0.2, -0.15) is 5.10 Å². The third-order valence-electron chi connectivity index (χ3n) is 3.73. The third-order valence-corrected chi connectivity index (χ3v) is 3.73. The third kappa shape index (κ3) is 2.37. The average molecular weight is 288 g/mol. The number of carbonyl (C=O) groups is 1. The number of halogens is 1. The minimum Gasteiger partial charge on any atom is -0.395 e. The van der Waals surface area contributed by atoms with Crippen LogP contribution in [0.15, 0.2) is 24.3 Å². The summed E-state index contributed by atoms with van der Waals surface area (Å²) in [4.78, 5) is 13.9. The molecule has 1 aliphatic rings. The number of nitrogens with two attached hydrogens (primary N) is 1. The number of nitrogen functional groups attached to an aromatic ring is 1. The summed E-state index contributed by atoms with van der Waals surface area (Å²) in [5.74, 6) is -0.449. The molecule has 0 aliphatic heterocycles. The van der Waals surface area contributed by atoms with E-state index in [9.17, 15) is 9.18 Å². The van der Waals surface area contributed by atoms with E-state index in [2.05, 4.69) is 10.2 Å². The number of aromatic nitrogens is 2. The van der Waals surface area contributed by atoms with Gasteiger partial charge < -0.3 is 10.6 Å². The molecule has 6 heteroatoms. The largest absolute Gasteiger partial charge is 0.395 e. The number of hydrogen-bond donors (Lipinski definition) is 2. The van der Waals surface area contributed by atoms with Gasteiger partial charge in [0.05, 0.1) is 17.1 Å². The minimum absolute atomic E-state index is 0.169. The Hall–Kier alpha value is -2.37. The molecular weight excluding hydrogens is 271 g/mol. The highest BCUT2D eigenvalue weighted by atomic mass is 19.1. The summed E-state index contributed by atoms with van der Waals surface area (Å²) in [5, 5.41) is 6.88. The van der Waals surface area contributed by atoms with Gasteiger partial charge in [-0.1, -0.05) is 12.1 Å². The van der Waals surface area contributed by atoms with Gasteiger partial charge in [-0.05, 0) is 31.9 Å². The van der Waals surface area contributed by atoms with Crippen LogP contribution in [0.25, 0.3) is 0 Å². The zero-order valence-electron chi connectivity index (χ0n) is 11.8. The lowest BCUT2D eigenvalue weighted by Crippen LogP contribution is -2.32. The lowest BCUT2D eigenvalue weighted by molar-refractivity contribution is 0.0983. The molecule has 3 N–H and O–H groups in total. The van der Waals surface area contributed by atoms with Gasteiger partial charge in [-0.25, -0.2) is 4.39 Å². The maximum atomic E-state index is 13.9. The fraction of sp³-hybridized carbons (Fsp3) is 0.333. The molecule has 0 unspecified atom stereocenters. The lowest BCUT2D eigenvalue weighted by atomic mass is 10.2. The highest BCUT2D eigenvalue weighted by Gasteiger charge is 2.32. The van der Waals surface area contributed by atoms with Crippen LogP contribution < -0.4 is 10.6 Å². The molecule has 1 amide bonds. The van der Waals surface area contributed by atoms with Crippen LogP contribution in [0.3, 0.4) is 0 Å². The van der Waals surface area contributed by atoms with Crippen molar-refractivity contribution in [2.24, 2.45) is 0 Å². The van der Waals surface area contributed by atoms with E-state index in [1.165, 1.54) is 11.0 Å². The Morgan fingerprint density at radius 2 is 2.19 bits per heavy atom. The molecule has 3 rings (SSSR count). The van der Waals surface area contributed by atoms with Gasteiger partial charge >= 0.3 is 0 Å². The Balaban J connectivity index is 1.94. The van der Waals surface area contributed by atoms with E-state index in [-0.39, 0.29) is 17.3 Å². The Morgan fingerprint density at radius 1 is 1.48 bits per heavy atom. The molecule has 1 fully saturated rings. The van der Waals surface area contributed by atoms with Crippen LogP contribution in [0.5, 0.6) is 0 Å². The van der Waals surface area contributed by atoms with Crippen molar-refractivity contribution in [2.75, 3.05) is 17.2 Å². The number of carbonyl (C=O) groups excluding carboxylic acids is 1. The van der Waals surface area contributed by atoms with Crippen molar-refractivity contribution < 1.29 is 9.18 Å². The van der Waals surface area contributed by atoms with E-state index in [0.29, 0.717) is 18.2 Å². The van der Waals surface area contributed by atoms with Crippen molar-refractivity contribution in [3.05, 3.63) is 41.5 Å². The SMILES string of the molecule is CCN(C(=O)c1n[nH]c(C2CC2)c1N)c1ccccc1F. The first-order valence-electron chi connectivity index (χ1n) is 7.03. The average Bonchev–Trinajstić information content (AvgIpc) is 3.24. The zero-order chi connectivity index (χ0) is 15.0. The second-order valence-corrected chi connectivity index (χ2v) is 5.17. The number of benzene rings is 1. The van der Waals surface area contributed by atoms with E-state index >= 15 is 0 Å². The first-order chi connectivity index (χ1) is 10.1. The van der Waals surface area contributed by atoms with Gasteiger partial charge in [0.15, 0.2) is 5.69 Å². The fourth-order valence-corrected chi connectivity index (χ4v) is 2.43. The Bertz CT molecular complexity index is 678. The number of H-pyrrole nitrogens is 1. The van der Waals surface area contributed by atoms with Gasteiger partial charge in [0, 0.05) is 12.5 Å². The summed E-state index contributed by atoms with van der Waals surface area (Å²) in [7, 11) is 0. The number of nitrogens with zero attached hydrogens (tertiary/aromatic N) is 2. The molecule has 0 atom stereocenters. The van der Waals surface area contributed by atoms with Crippen LogP contribution in [-0.2, 0) is 0 Å². The smallest absolute Gasteiger partial charge is 0.281 e. The molecule has 1 saturated carbocycles. The number of nitrogens with one attached hydrogen (secondary N) is 1. The summed E-state index contributed by atoms with van der Waals surface area (Å²) >= 11 is 0. The molecule has 1 aromatic carbocycles. The van der Waals surface area contributed by atoms with E-state index in [1.807, 2.05) is 0 Å². The Kier molecular flexibility index (Phi) is 3.37. The molecule has 0 bridgehead atoms. The minimum atomic E-state index is -0.441. The lowest BCUT2D eigenvalue weighted by Gasteiger charge is -2.20. The van der Waals surface area contributed by atoms with Gasteiger partial charge in [0.2, 0.25) is 0 Å². The molecule has 0 saturated heterocycles. The topological polar surface area (TPSA) is 75.0 Å². The summed E-state index contributed by atoms with van der Waals surface area (Å²) in [6, 6.07) is 6.18. The number of rotatable bonds is 4. The van der Waals surface area contributed by atoms with Crippen molar-refractivity contribution in [2.45, 2.75) is 25.7 Å². The number of para-hydroxylation sites is 1. The number of aromatic amines is 1. The molecule has 21 heavy (non-hydrogen) atoms. The molecule has 0 radical (unpaired) electrons. The number of hydrogen-bond acceptors (Lipinski definition) is 3. The Labute approximate surface area is 121 Å². The second-order valence-electron chi connectivity index (χ2n) is 5.17. The van der Waals surface area contributed by atoms with E-state index in [0.717, 1.165) is 18.5 Å². The van der Waals surface area contributed by atoms with Gasteiger partial charge in [0.25, 0.3) is 5.91 Å². The first kappa shape index (κ1) is 13.6. The highest BCUT2D eigenvalue weighted by Crippen LogP contribution is 2.42. The molecule has 5 nitrogen and oxygen atoms in total. The maximum Gasteiger partial charge on any atom is 0.281 e. The van der Waals surface area contributed by atoms with Crippen molar-refractivity contribution in [1.29, 1.82) is 0 Å². The number of anilines is 2. The first-order valence-corrected chi connectivity index (χ1v) is 7.03. The van der Waals surface area contributed by atoms with Crippen LogP contribution in [0, 0.1) is 5.82 Å². The second kappa shape index (κ2) is 5.20. The summed E-state index contributed by atoms with van der Waals surface area (Å²) in [6.45, 7) is 2.12. The van der Waals surface area contributed by atoms with E-state index in [1.54, 1.807) is 25.1 Å². The normalized spacial score (nSPS) is 14.2. The van der Waals surface area contributed by atoms with E-state index in [4.69, 9.17) is 5.73 Å². The van der Waals surface area contributed by atoms with Crippen molar-refractivity contribution in [1.82, 2.24) is 10.2 Å². The predicted molar refractivity (Wildman–Crippen MR) is 78.7 cm³/mol. The molecule has 110 valence electrons. The molecule has 0 spiro atoms. The van der Waals surface area contributed by atoms with E-state index < -0.39 is 5.82 Å². The summed E-state index contributed by atoms with van der Waals surface area (Å²) < 4.78 is 13.9. The number of amides is 1. The molecule has 1 aromatic heterocycles. The quantitative estimate of drug-likeness (QED) is 0.908. The van der Waals surface area contributed by atoms with Gasteiger partial charge in [0.1, 0.15) is 5.82 Å². The standard InChI is InChI=1S/C15H17FN4O/c1-2-20(11-6-4-3-5-10(11)16)15(21)14-12(17)13(18-19-14)9-7-8-9/h3-6,9H,2,7-8,17H2,1H3,(H,18,19). The van der Waals surface area contributed by atoms with Crippen molar-refractivity contribution >= 4 is 17.3 Å². The van der Waals surface area contributed by atoms with Crippen LogP contribution in [0.2, 0.25) is 0 Å². The maximum absolute atomic E-state index is 13.9. The van der Waals surface area contributed by atoms with Crippen molar-refractivity contribution in [3.8, 4) is 0 Å². The predicted octanol–water partition coefficient (Wildman–Crippen LogP) is 2.68. The monoisotopic (exact) mass is 288 g/mol. The molecule has 1 heterocycles. The summed E-state index contributed by atoms with van der Waals surface area (Å²) in [6.07, 6.45) is 2.12. The van der Waals surface area contributed by atoms with Crippen LogP contribution in [-0.4, -0.2) is 22.6 Å². The van der Waals surface area contributed by atoms with Crippen molar-refractivity contribution in [3.63, 3.8) is 0 Å². The molecular formula is C15H17FN4O. The fourth-order valence-electron chi connectivity index (χ4n) is 2.43. The van der Waals surface area contributed by atoms with Gasteiger partial charge in [-0.15, -0.1) is 0 Å². The Morgan fingerprint density at radius 3 is 2.81 bits per heavy atom. The highest BCUT2D eigenvalue weighted by molar-refractivity contribution is 6.08. The molecule has 2 aromatic rings. The van der Waals surface area contributed by atoms with Crippen LogP contribution in [0.1, 0.15) is 41.9 Å². The van der Waals surface area contributed by atoms with Crippen LogP contribution in [0.4, 0.5) is 15.8 Å². The van der Waals surface area contributed by atoms with Crippen LogP contribution >= 0.6 is 0 Å². The molecule has 1 aliphatic carbocycles. The van der Waals surface area contributed by atoms with Gasteiger partial charge in [-0.3, -0.25) is 9.89 Å². The summed E-state index contributed by atoms with van der Waals surface area (Å²) in [5.41, 5.74) is 7.63. The zero-order valence-corrected chi connectivity index (χ0v) is 11.8.